The highest BCUT2D eigenvalue weighted by atomic mass is 14.5. The van der Waals surface area contributed by atoms with E-state index in [4.69, 9.17) is 5.73 Å². The van der Waals surface area contributed by atoms with Gasteiger partial charge in [0.25, 0.3) is 0 Å². The van der Waals surface area contributed by atoms with E-state index in [1.54, 1.807) is 5.57 Å². The van der Waals surface area contributed by atoms with Crippen molar-refractivity contribution >= 4 is 11.3 Å². The smallest absolute Gasteiger partial charge is 0.0314 e. The molecule has 2 atom stereocenters. The SMILES string of the molecule is Cc1ccc(C(=C2CC3CCC(C2)C3)c2ccc(N)cc2)cc1. The van der Waals surface area contributed by atoms with Crippen LogP contribution in [0.1, 0.15) is 48.8 Å². The van der Waals surface area contributed by atoms with Gasteiger partial charge in [0, 0.05) is 5.69 Å². The standard InChI is InChI=1S/C22H25N/c1-15-2-6-18(7-3-15)22(19-8-10-21(23)11-9-19)20-13-16-4-5-17(12-16)14-20/h2-3,6-11,16-17H,4-5,12-14,23H2,1H3. The van der Waals surface area contributed by atoms with Gasteiger partial charge in [-0.3, -0.25) is 0 Å². The first-order chi connectivity index (χ1) is 11.2. The average Bonchev–Trinajstić information content (AvgIpc) is 2.90. The molecule has 2 aliphatic rings. The summed E-state index contributed by atoms with van der Waals surface area (Å²) in [6, 6.07) is 17.5. The van der Waals surface area contributed by atoms with Gasteiger partial charge in [-0.1, -0.05) is 47.5 Å². The summed E-state index contributed by atoms with van der Waals surface area (Å²) in [5.41, 5.74) is 13.9. The summed E-state index contributed by atoms with van der Waals surface area (Å²) >= 11 is 0. The fourth-order valence-corrected chi connectivity index (χ4v) is 4.48. The lowest BCUT2D eigenvalue weighted by Gasteiger charge is -2.25. The molecule has 118 valence electrons. The van der Waals surface area contributed by atoms with Crippen molar-refractivity contribution in [2.24, 2.45) is 11.8 Å². The van der Waals surface area contributed by atoms with Gasteiger partial charge in [-0.15, -0.1) is 0 Å². The van der Waals surface area contributed by atoms with Crippen LogP contribution in [-0.4, -0.2) is 0 Å². The number of aryl methyl sites for hydroxylation is 1. The summed E-state index contributed by atoms with van der Waals surface area (Å²) in [7, 11) is 0. The molecule has 2 unspecified atom stereocenters. The molecule has 1 heteroatoms. The van der Waals surface area contributed by atoms with Gasteiger partial charge in [-0.05, 0) is 79.7 Å². The molecular weight excluding hydrogens is 278 g/mol. The number of rotatable bonds is 2. The minimum atomic E-state index is 0.839. The van der Waals surface area contributed by atoms with E-state index in [-0.39, 0.29) is 0 Å². The van der Waals surface area contributed by atoms with E-state index in [9.17, 15) is 0 Å². The van der Waals surface area contributed by atoms with Crippen molar-refractivity contribution < 1.29 is 0 Å². The Morgan fingerprint density at radius 3 is 1.91 bits per heavy atom. The summed E-state index contributed by atoms with van der Waals surface area (Å²) in [5, 5.41) is 0. The number of allylic oxidation sites excluding steroid dienone is 1. The van der Waals surface area contributed by atoms with Gasteiger partial charge >= 0.3 is 0 Å². The third-order valence-electron chi connectivity index (χ3n) is 5.61. The number of hydrogen-bond donors (Lipinski definition) is 1. The number of nitrogen functional groups attached to an aromatic ring is 1. The second kappa shape index (κ2) is 5.88. The van der Waals surface area contributed by atoms with E-state index in [0.29, 0.717) is 0 Å². The zero-order valence-corrected chi connectivity index (χ0v) is 13.9. The molecule has 0 heterocycles. The van der Waals surface area contributed by atoms with E-state index in [1.807, 2.05) is 12.1 Å². The molecule has 1 nitrogen and oxygen atoms in total. The Morgan fingerprint density at radius 2 is 1.35 bits per heavy atom. The summed E-state index contributed by atoms with van der Waals surface area (Å²) in [6.45, 7) is 2.15. The van der Waals surface area contributed by atoms with Gasteiger partial charge in [0.05, 0.1) is 0 Å². The molecule has 2 fully saturated rings. The maximum Gasteiger partial charge on any atom is 0.0314 e. The van der Waals surface area contributed by atoms with Crippen molar-refractivity contribution in [3.05, 3.63) is 70.8 Å². The summed E-state index contributed by atoms with van der Waals surface area (Å²) < 4.78 is 0. The first-order valence-corrected chi connectivity index (χ1v) is 8.84. The highest BCUT2D eigenvalue weighted by molar-refractivity contribution is 5.83. The Bertz CT molecular complexity index is 660. The van der Waals surface area contributed by atoms with Crippen LogP contribution in [0.2, 0.25) is 0 Å². The van der Waals surface area contributed by atoms with E-state index >= 15 is 0 Å². The molecule has 2 aromatic rings. The summed E-state index contributed by atoms with van der Waals surface area (Å²) in [6.07, 6.45) is 6.87. The molecule has 2 bridgehead atoms. The number of hydrogen-bond acceptors (Lipinski definition) is 1. The lowest BCUT2D eigenvalue weighted by molar-refractivity contribution is 0.428. The molecule has 2 aromatic carbocycles. The average molecular weight is 303 g/mol. The van der Waals surface area contributed by atoms with Crippen molar-refractivity contribution in [3.8, 4) is 0 Å². The first kappa shape index (κ1) is 14.6. The highest BCUT2D eigenvalue weighted by Gasteiger charge is 2.32. The minimum Gasteiger partial charge on any atom is -0.399 e. The third kappa shape index (κ3) is 2.93. The van der Waals surface area contributed by atoms with Crippen LogP contribution in [0.25, 0.3) is 5.57 Å². The van der Waals surface area contributed by atoms with Crippen LogP contribution in [-0.2, 0) is 0 Å². The molecule has 0 aromatic heterocycles. The number of benzene rings is 2. The van der Waals surface area contributed by atoms with Crippen LogP contribution < -0.4 is 5.73 Å². The predicted octanol–water partition coefficient (Wildman–Crippen LogP) is 5.59. The van der Waals surface area contributed by atoms with Crippen molar-refractivity contribution in [2.45, 2.75) is 39.0 Å². The quantitative estimate of drug-likeness (QED) is 0.719. The molecule has 2 saturated carbocycles. The van der Waals surface area contributed by atoms with Crippen LogP contribution in [0.15, 0.2) is 54.1 Å². The van der Waals surface area contributed by atoms with Crippen molar-refractivity contribution in [2.75, 3.05) is 5.73 Å². The topological polar surface area (TPSA) is 26.0 Å². The van der Waals surface area contributed by atoms with Crippen molar-refractivity contribution in [1.29, 1.82) is 0 Å². The van der Waals surface area contributed by atoms with E-state index in [2.05, 4.69) is 43.3 Å². The largest absolute Gasteiger partial charge is 0.399 e. The Kier molecular flexibility index (Phi) is 3.72. The Balaban J connectivity index is 1.83. The molecule has 0 radical (unpaired) electrons. The fourth-order valence-electron chi connectivity index (χ4n) is 4.48. The molecule has 2 N–H and O–H groups in total. The number of nitrogens with two attached hydrogens (primary N) is 1. The van der Waals surface area contributed by atoms with Crippen LogP contribution in [0.4, 0.5) is 5.69 Å². The van der Waals surface area contributed by atoms with Gasteiger partial charge < -0.3 is 5.73 Å². The Labute approximate surface area is 139 Å². The maximum atomic E-state index is 5.90. The molecule has 0 spiro atoms. The van der Waals surface area contributed by atoms with E-state index in [0.717, 1.165) is 17.5 Å². The minimum absolute atomic E-state index is 0.839. The van der Waals surface area contributed by atoms with Crippen LogP contribution in [0, 0.1) is 18.8 Å². The van der Waals surface area contributed by atoms with Crippen molar-refractivity contribution in [1.82, 2.24) is 0 Å². The monoisotopic (exact) mass is 303 g/mol. The molecular formula is C22H25N. The van der Waals surface area contributed by atoms with Crippen LogP contribution >= 0.6 is 0 Å². The van der Waals surface area contributed by atoms with Gasteiger partial charge in [-0.25, -0.2) is 0 Å². The molecule has 2 aliphatic carbocycles. The van der Waals surface area contributed by atoms with Gasteiger partial charge in [0.15, 0.2) is 0 Å². The van der Waals surface area contributed by atoms with Gasteiger partial charge in [0.1, 0.15) is 0 Å². The number of anilines is 1. The molecule has 0 amide bonds. The fraction of sp³-hybridized carbons (Fsp3) is 0.364. The normalized spacial score (nSPS) is 23.1. The molecule has 0 aliphatic heterocycles. The highest BCUT2D eigenvalue weighted by Crippen LogP contribution is 2.47. The molecule has 4 rings (SSSR count). The summed E-state index contributed by atoms with van der Waals surface area (Å²) in [5.74, 6) is 1.83. The molecule has 0 saturated heterocycles. The lowest BCUT2D eigenvalue weighted by atomic mass is 9.79. The second-order valence-corrected chi connectivity index (χ2v) is 7.42. The molecule has 23 heavy (non-hydrogen) atoms. The third-order valence-corrected chi connectivity index (χ3v) is 5.61. The van der Waals surface area contributed by atoms with Crippen LogP contribution in [0.3, 0.4) is 0 Å². The lowest BCUT2D eigenvalue weighted by Crippen LogP contribution is -2.10. The van der Waals surface area contributed by atoms with Gasteiger partial charge in [-0.2, -0.15) is 0 Å². The predicted molar refractivity (Wildman–Crippen MR) is 98.1 cm³/mol. The maximum absolute atomic E-state index is 5.90. The first-order valence-electron chi connectivity index (χ1n) is 8.84. The number of fused-ring (bicyclic) bond motifs is 2. The van der Waals surface area contributed by atoms with E-state index < -0.39 is 0 Å². The zero-order valence-electron chi connectivity index (χ0n) is 13.9. The van der Waals surface area contributed by atoms with Crippen LogP contribution in [0.5, 0.6) is 0 Å². The Hall–Kier alpha value is -2.02. The van der Waals surface area contributed by atoms with E-state index in [1.165, 1.54) is 54.4 Å². The van der Waals surface area contributed by atoms with Crippen molar-refractivity contribution in [3.63, 3.8) is 0 Å². The van der Waals surface area contributed by atoms with Gasteiger partial charge in [0.2, 0.25) is 0 Å². The second-order valence-electron chi connectivity index (χ2n) is 7.42. The zero-order chi connectivity index (χ0) is 15.8. The summed E-state index contributed by atoms with van der Waals surface area (Å²) in [4.78, 5) is 0. The Morgan fingerprint density at radius 1 is 0.826 bits per heavy atom.